The van der Waals surface area contributed by atoms with Crippen LogP contribution in [0.3, 0.4) is 0 Å². The van der Waals surface area contributed by atoms with Gasteiger partial charge in [-0.25, -0.2) is 20.4 Å². The predicted molar refractivity (Wildman–Crippen MR) is 146 cm³/mol. The number of ether oxygens (including phenoxy) is 1. The average Bonchev–Trinajstić information content (AvgIpc) is 2.82. The number of pyridine rings is 1. The van der Waals surface area contributed by atoms with Gasteiger partial charge in [0.2, 0.25) is 0 Å². The van der Waals surface area contributed by atoms with Crippen LogP contribution in [0.4, 0.5) is 28.7 Å². The molecular weight excluding hydrogens is 494 g/mol. The molecule has 2 aromatic heterocycles. The number of anilines is 5. The number of amides is 1. The van der Waals surface area contributed by atoms with Crippen LogP contribution in [0.5, 0.6) is 5.75 Å². The molecule has 1 amide bonds. The molecule has 1 unspecified atom stereocenters. The van der Waals surface area contributed by atoms with Gasteiger partial charge in [0.1, 0.15) is 35.2 Å². The SMILES string of the molecule is CCONC(=O)c1cnc(Nc2cc(C)nc(C)n2)cc1Nc1ccc(OC(C)C)cc1N(C)[S+](C)[O-]. The minimum Gasteiger partial charge on any atom is -0.593 e. The highest BCUT2D eigenvalue weighted by molar-refractivity contribution is 7.92. The zero-order valence-corrected chi connectivity index (χ0v) is 22.9. The molecule has 0 aliphatic carbocycles. The molecule has 198 valence electrons. The first-order valence-corrected chi connectivity index (χ1v) is 13.2. The molecule has 3 rings (SSSR count). The highest BCUT2D eigenvalue weighted by atomic mass is 32.2. The van der Waals surface area contributed by atoms with Crippen LogP contribution in [0.15, 0.2) is 36.5 Å². The van der Waals surface area contributed by atoms with Crippen molar-refractivity contribution in [3.8, 4) is 5.75 Å². The van der Waals surface area contributed by atoms with Crippen molar-refractivity contribution in [1.29, 1.82) is 0 Å². The van der Waals surface area contributed by atoms with Crippen LogP contribution in [-0.4, -0.2) is 51.4 Å². The lowest BCUT2D eigenvalue weighted by molar-refractivity contribution is 0.0365. The summed E-state index contributed by atoms with van der Waals surface area (Å²) in [5, 5.41) is 6.47. The molecule has 0 spiro atoms. The fraction of sp³-hybridized carbons (Fsp3) is 0.360. The lowest BCUT2D eigenvalue weighted by Gasteiger charge is -2.24. The summed E-state index contributed by atoms with van der Waals surface area (Å²) in [6, 6.07) is 8.92. The highest BCUT2D eigenvalue weighted by Crippen LogP contribution is 2.35. The van der Waals surface area contributed by atoms with E-state index in [1.807, 2.05) is 39.8 Å². The van der Waals surface area contributed by atoms with Crippen molar-refractivity contribution in [1.82, 2.24) is 20.4 Å². The van der Waals surface area contributed by atoms with Gasteiger partial charge in [0.25, 0.3) is 5.91 Å². The number of hydroxylamine groups is 1. The number of hydrogen-bond acceptors (Lipinski definition) is 10. The van der Waals surface area contributed by atoms with Crippen LogP contribution in [0, 0.1) is 13.8 Å². The molecule has 0 saturated heterocycles. The maximum atomic E-state index is 12.8. The molecule has 0 aliphatic rings. The Labute approximate surface area is 220 Å². The van der Waals surface area contributed by atoms with Crippen LogP contribution in [0.1, 0.15) is 42.6 Å². The second kappa shape index (κ2) is 12.6. The summed E-state index contributed by atoms with van der Waals surface area (Å²) in [7, 11) is 1.72. The van der Waals surface area contributed by atoms with E-state index in [0.717, 1.165) is 5.69 Å². The standard InChI is InChI=1S/C25H33N7O4S/c1-8-35-31-25(33)19-14-26-23(30-24-11-16(4)27-17(5)28-24)13-21(19)29-20-10-9-18(36-15(2)3)12-22(20)32(6)37(7)34/h9-15H,8H2,1-7H3,(H,31,33)(H2,26,27,28,29,30). The van der Waals surface area contributed by atoms with Crippen molar-refractivity contribution in [2.75, 3.05) is 34.8 Å². The van der Waals surface area contributed by atoms with Gasteiger partial charge in [-0.3, -0.25) is 9.63 Å². The molecule has 0 bridgehead atoms. The summed E-state index contributed by atoms with van der Waals surface area (Å²) in [5.74, 6) is 1.82. The molecule has 3 aromatic rings. The summed E-state index contributed by atoms with van der Waals surface area (Å²) in [6.45, 7) is 9.63. The van der Waals surface area contributed by atoms with E-state index in [9.17, 15) is 9.35 Å². The zero-order chi connectivity index (χ0) is 27.1. The summed E-state index contributed by atoms with van der Waals surface area (Å²) in [5.41, 5.74) is 5.16. The van der Waals surface area contributed by atoms with Gasteiger partial charge in [0.15, 0.2) is 0 Å². The van der Waals surface area contributed by atoms with Gasteiger partial charge in [-0.15, -0.1) is 0 Å². The van der Waals surface area contributed by atoms with Crippen LogP contribution in [-0.2, 0) is 16.2 Å². The third-order valence-corrected chi connectivity index (χ3v) is 5.98. The van der Waals surface area contributed by atoms with E-state index >= 15 is 0 Å². The number of nitrogens with one attached hydrogen (secondary N) is 3. The Hall–Kier alpha value is -3.61. The first-order valence-electron chi connectivity index (χ1n) is 11.7. The van der Waals surface area contributed by atoms with E-state index in [0.29, 0.717) is 46.9 Å². The van der Waals surface area contributed by atoms with E-state index in [-0.39, 0.29) is 11.7 Å². The third kappa shape index (κ3) is 7.68. The van der Waals surface area contributed by atoms with E-state index in [1.165, 1.54) is 6.20 Å². The highest BCUT2D eigenvalue weighted by Gasteiger charge is 2.20. The Bertz CT molecular complexity index is 1220. The van der Waals surface area contributed by atoms with Crippen molar-refractivity contribution >= 4 is 46.0 Å². The number of benzene rings is 1. The molecule has 0 fully saturated rings. The topological polar surface area (TPSA) is 137 Å². The second-order valence-electron chi connectivity index (χ2n) is 8.44. The summed E-state index contributed by atoms with van der Waals surface area (Å²) in [4.78, 5) is 31.0. The van der Waals surface area contributed by atoms with E-state index in [1.54, 1.807) is 42.7 Å². The Balaban J connectivity index is 2.04. The largest absolute Gasteiger partial charge is 0.593 e. The fourth-order valence-corrected chi connectivity index (χ4v) is 3.85. The second-order valence-corrected chi connectivity index (χ2v) is 9.83. The van der Waals surface area contributed by atoms with E-state index in [4.69, 9.17) is 9.57 Å². The molecule has 3 N–H and O–H groups in total. The van der Waals surface area contributed by atoms with Crippen molar-refractivity contribution in [2.24, 2.45) is 0 Å². The minimum absolute atomic E-state index is 0.0270. The first-order chi connectivity index (χ1) is 17.6. The molecular formula is C25H33N7O4S. The van der Waals surface area contributed by atoms with Gasteiger partial charge < -0.3 is 19.9 Å². The zero-order valence-electron chi connectivity index (χ0n) is 22.1. The first kappa shape index (κ1) is 28.0. The molecule has 0 saturated carbocycles. The predicted octanol–water partition coefficient (Wildman–Crippen LogP) is 4.17. The van der Waals surface area contributed by atoms with Crippen LogP contribution in [0.25, 0.3) is 0 Å². The number of aromatic nitrogens is 3. The van der Waals surface area contributed by atoms with E-state index < -0.39 is 17.3 Å². The number of rotatable bonds is 11. The molecule has 1 aromatic carbocycles. The summed E-state index contributed by atoms with van der Waals surface area (Å²) >= 11 is -1.30. The van der Waals surface area contributed by atoms with Gasteiger partial charge in [-0.2, -0.15) is 4.31 Å². The number of aryl methyl sites for hydroxylation is 2. The lowest BCUT2D eigenvalue weighted by atomic mass is 10.2. The lowest BCUT2D eigenvalue weighted by Crippen LogP contribution is -2.26. The maximum Gasteiger partial charge on any atom is 0.278 e. The molecule has 12 heteroatoms. The van der Waals surface area contributed by atoms with Gasteiger partial charge in [-0.05, 0) is 46.8 Å². The van der Waals surface area contributed by atoms with Crippen molar-refractivity contribution in [2.45, 2.75) is 40.7 Å². The van der Waals surface area contributed by atoms with Gasteiger partial charge in [-0.1, -0.05) is 0 Å². The van der Waals surface area contributed by atoms with E-state index in [2.05, 4.69) is 31.1 Å². The van der Waals surface area contributed by atoms with Crippen molar-refractivity contribution in [3.63, 3.8) is 0 Å². The number of carbonyl (C=O) groups is 1. The number of nitrogens with zero attached hydrogens (tertiary/aromatic N) is 4. The number of carbonyl (C=O) groups excluding carboxylic acids is 1. The normalized spacial score (nSPS) is 11.7. The Kier molecular flexibility index (Phi) is 9.50. The molecule has 0 radical (unpaired) electrons. The molecule has 37 heavy (non-hydrogen) atoms. The maximum absolute atomic E-state index is 12.8. The van der Waals surface area contributed by atoms with Gasteiger partial charge in [0.05, 0.1) is 48.1 Å². The Morgan fingerprint density at radius 2 is 1.86 bits per heavy atom. The molecule has 11 nitrogen and oxygen atoms in total. The van der Waals surface area contributed by atoms with Crippen molar-refractivity contribution in [3.05, 3.63) is 53.6 Å². The third-order valence-electron chi connectivity index (χ3n) is 5.02. The quantitative estimate of drug-likeness (QED) is 0.246. The van der Waals surface area contributed by atoms with Gasteiger partial charge in [0, 0.05) is 30.1 Å². The molecule has 0 aliphatic heterocycles. The Morgan fingerprint density at radius 1 is 1.11 bits per heavy atom. The summed E-state index contributed by atoms with van der Waals surface area (Å²) < 4.78 is 19.8. The van der Waals surface area contributed by atoms with Crippen LogP contribution in [0.2, 0.25) is 0 Å². The van der Waals surface area contributed by atoms with Crippen molar-refractivity contribution < 1.29 is 18.9 Å². The summed E-state index contributed by atoms with van der Waals surface area (Å²) in [6.07, 6.45) is 3.00. The minimum atomic E-state index is -1.30. The molecule has 1 atom stereocenters. The fourth-order valence-electron chi connectivity index (χ4n) is 3.42. The smallest absolute Gasteiger partial charge is 0.278 e. The monoisotopic (exact) mass is 527 g/mol. The van der Waals surface area contributed by atoms with Crippen LogP contribution >= 0.6 is 0 Å². The average molecular weight is 528 g/mol. The molecule has 2 heterocycles. The van der Waals surface area contributed by atoms with Gasteiger partial charge >= 0.3 is 0 Å². The Morgan fingerprint density at radius 3 is 2.51 bits per heavy atom. The number of hydrogen-bond donors (Lipinski definition) is 3. The van der Waals surface area contributed by atoms with Crippen LogP contribution < -0.4 is 25.2 Å².